The van der Waals surface area contributed by atoms with E-state index >= 15 is 0 Å². The number of hydrogen-bond acceptors (Lipinski definition) is 6. The van der Waals surface area contributed by atoms with Crippen molar-refractivity contribution < 1.29 is 24.2 Å². The topological polar surface area (TPSA) is 79.3 Å². The normalized spacial score (nSPS) is 16.5. The number of amides is 1. The number of carbonyl (C=O) groups is 2. The second-order valence-corrected chi connectivity index (χ2v) is 9.95. The molecule has 1 aliphatic heterocycles. The molecule has 0 spiro atoms. The van der Waals surface area contributed by atoms with Gasteiger partial charge in [-0.2, -0.15) is 0 Å². The average molecular weight is 543 g/mol. The molecule has 1 heterocycles. The molecule has 1 unspecified atom stereocenters. The van der Waals surface area contributed by atoms with Gasteiger partial charge in [0.05, 0.1) is 18.7 Å². The first kappa shape index (κ1) is 28.9. The van der Waals surface area contributed by atoms with E-state index in [4.69, 9.17) is 9.47 Å². The predicted octanol–water partition coefficient (Wildman–Crippen LogP) is 5.74. The van der Waals surface area contributed by atoms with E-state index in [-0.39, 0.29) is 11.3 Å². The molecule has 40 heavy (non-hydrogen) atoms. The van der Waals surface area contributed by atoms with Crippen LogP contribution >= 0.6 is 0 Å². The van der Waals surface area contributed by atoms with Crippen LogP contribution in [0.5, 0.6) is 11.5 Å². The molecule has 7 heteroatoms. The van der Waals surface area contributed by atoms with Crippen LogP contribution in [-0.4, -0.2) is 59.9 Å². The lowest BCUT2D eigenvalue weighted by atomic mass is 9.95. The summed E-state index contributed by atoms with van der Waals surface area (Å²) in [4.78, 5) is 30.5. The van der Waals surface area contributed by atoms with Gasteiger partial charge in [0.2, 0.25) is 0 Å². The molecule has 1 fully saturated rings. The fourth-order valence-corrected chi connectivity index (χ4v) is 4.99. The summed E-state index contributed by atoms with van der Waals surface area (Å²) in [6, 6.07) is 21.6. The van der Waals surface area contributed by atoms with Crippen LogP contribution in [0.1, 0.15) is 48.6 Å². The molecular weight excluding hydrogens is 504 g/mol. The molecule has 1 saturated heterocycles. The SMILES string of the molecule is CCN(CC)CCCN1C(=O)C(=O)/C(=C(\O)c2ccc(OCc3ccc(C)cc3)cc2)C1c1cccc(OC)c1. The smallest absolute Gasteiger partial charge is 0.295 e. The number of likely N-dealkylation sites (tertiary alicyclic amines) is 1. The third-order valence-electron chi connectivity index (χ3n) is 7.37. The highest BCUT2D eigenvalue weighted by molar-refractivity contribution is 6.46. The molecule has 4 rings (SSSR count). The van der Waals surface area contributed by atoms with Gasteiger partial charge in [0.1, 0.15) is 23.9 Å². The molecule has 0 bridgehead atoms. The standard InChI is InChI=1S/C33H38N2O5/c1-5-34(6-2)19-8-20-35-30(26-9-7-10-28(21-26)39-4)29(32(37)33(35)38)31(36)25-15-17-27(18-16-25)40-22-24-13-11-23(3)12-14-24/h7,9-18,21,30,36H,5-6,8,19-20,22H2,1-4H3/b31-29-. The van der Waals surface area contributed by atoms with Crippen molar-refractivity contribution in [1.82, 2.24) is 9.80 Å². The van der Waals surface area contributed by atoms with E-state index in [0.717, 1.165) is 25.2 Å². The largest absolute Gasteiger partial charge is 0.507 e. The maximum Gasteiger partial charge on any atom is 0.295 e. The lowest BCUT2D eigenvalue weighted by Gasteiger charge is -2.27. The van der Waals surface area contributed by atoms with Gasteiger partial charge in [0.25, 0.3) is 11.7 Å². The van der Waals surface area contributed by atoms with Gasteiger partial charge in [0, 0.05) is 12.1 Å². The summed E-state index contributed by atoms with van der Waals surface area (Å²) < 4.78 is 11.3. The van der Waals surface area contributed by atoms with E-state index in [1.807, 2.05) is 55.5 Å². The lowest BCUT2D eigenvalue weighted by molar-refractivity contribution is -0.140. The maximum atomic E-state index is 13.4. The van der Waals surface area contributed by atoms with Crippen LogP contribution in [0.15, 0.2) is 78.4 Å². The number of hydrogen-bond donors (Lipinski definition) is 1. The van der Waals surface area contributed by atoms with E-state index in [2.05, 4.69) is 18.7 Å². The molecule has 1 aliphatic rings. The van der Waals surface area contributed by atoms with Gasteiger partial charge in [-0.3, -0.25) is 9.59 Å². The third kappa shape index (κ3) is 6.54. The van der Waals surface area contributed by atoms with E-state index in [0.29, 0.717) is 42.2 Å². The zero-order valence-corrected chi connectivity index (χ0v) is 23.7. The van der Waals surface area contributed by atoms with Gasteiger partial charge in [-0.25, -0.2) is 0 Å². The minimum Gasteiger partial charge on any atom is -0.507 e. The minimum absolute atomic E-state index is 0.0782. The molecule has 0 radical (unpaired) electrons. The highest BCUT2D eigenvalue weighted by atomic mass is 16.5. The van der Waals surface area contributed by atoms with E-state index in [1.54, 1.807) is 36.3 Å². The number of nitrogens with zero attached hydrogens (tertiary/aromatic N) is 2. The number of ether oxygens (including phenoxy) is 2. The van der Waals surface area contributed by atoms with Gasteiger partial charge in [-0.05, 0) is 80.5 Å². The molecule has 1 atom stereocenters. The van der Waals surface area contributed by atoms with Crippen LogP contribution in [0.2, 0.25) is 0 Å². The van der Waals surface area contributed by atoms with Gasteiger partial charge < -0.3 is 24.4 Å². The Morgan fingerprint density at radius 2 is 1.65 bits per heavy atom. The van der Waals surface area contributed by atoms with E-state index in [1.165, 1.54) is 5.56 Å². The minimum atomic E-state index is -0.718. The highest BCUT2D eigenvalue weighted by Gasteiger charge is 2.45. The number of rotatable bonds is 12. The summed E-state index contributed by atoms with van der Waals surface area (Å²) in [5.41, 5.74) is 3.47. The van der Waals surface area contributed by atoms with Crippen molar-refractivity contribution in [3.63, 3.8) is 0 Å². The third-order valence-corrected chi connectivity index (χ3v) is 7.37. The van der Waals surface area contributed by atoms with E-state index in [9.17, 15) is 14.7 Å². The van der Waals surface area contributed by atoms with Crippen LogP contribution in [-0.2, 0) is 16.2 Å². The summed E-state index contributed by atoms with van der Waals surface area (Å²) in [5.74, 6) is -0.248. The van der Waals surface area contributed by atoms with Crippen molar-refractivity contribution >= 4 is 17.4 Å². The monoisotopic (exact) mass is 542 g/mol. The molecular formula is C33H38N2O5. The molecule has 210 valence electrons. The first-order valence-corrected chi connectivity index (χ1v) is 13.8. The van der Waals surface area contributed by atoms with Crippen LogP contribution in [0.25, 0.3) is 5.76 Å². The Bertz CT molecular complexity index is 1340. The summed E-state index contributed by atoms with van der Waals surface area (Å²) >= 11 is 0. The molecule has 0 saturated carbocycles. The quantitative estimate of drug-likeness (QED) is 0.179. The van der Waals surface area contributed by atoms with Crippen molar-refractivity contribution in [2.45, 2.75) is 39.8 Å². The Morgan fingerprint density at radius 3 is 2.30 bits per heavy atom. The predicted molar refractivity (Wildman–Crippen MR) is 156 cm³/mol. The fourth-order valence-electron chi connectivity index (χ4n) is 4.99. The number of aryl methyl sites for hydroxylation is 1. The van der Waals surface area contributed by atoms with Crippen molar-refractivity contribution in [3.05, 3.63) is 101 Å². The van der Waals surface area contributed by atoms with E-state index < -0.39 is 17.7 Å². The zero-order valence-electron chi connectivity index (χ0n) is 23.7. The molecule has 0 aromatic heterocycles. The second kappa shape index (κ2) is 13.3. The Hall–Kier alpha value is -4.10. The van der Waals surface area contributed by atoms with Crippen molar-refractivity contribution in [2.75, 3.05) is 33.3 Å². The van der Waals surface area contributed by atoms with Crippen molar-refractivity contribution in [3.8, 4) is 11.5 Å². The lowest BCUT2D eigenvalue weighted by Crippen LogP contribution is -2.33. The fraction of sp³-hybridized carbons (Fsp3) is 0.333. The summed E-state index contributed by atoms with van der Waals surface area (Å²) in [6.07, 6.45) is 0.711. The first-order valence-electron chi connectivity index (χ1n) is 13.8. The second-order valence-electron chi connectivity index (χ2n) is 9.95. The summed E-state index contributed by atoms with van der Waals surface area (Å²) in [7, 11) is 1.57. The zero-order chi connectivity index (χ0) is 28.6. The Labute approximate surface area is 236 Å². The number of ketones is 1. The number of aliphatic hydroxyl groups is 1. The molecule has 0 aliphatic carbocycles. The number of methoxy groups -OCH3 is 1. The van der Waals surface area contributed by atoms with Crippen LogP contribution in [0.3, 0.4) is 0 Å². The van der Waals surface area contributed by atoms with Crippen LogP contribution < -0.4 is 9.47 Å². The molecule has 3 aromatic carbocycles. The Kier molecular flexibility index (Phi) is 9.61. The van der Waals surface area contributed by atoms with Gasteiger partial charge >= 0.3 is 0 Å². The maximum absolute atomic E-state index is 13.4. The van der Waals surface area contributed by atoms with Crippen LogP contribution in [0, 0.1) is 6.92 Å². The number of carbonyl (C=O) groups excluding carboxylic acids is 2. The van der Waals surface area contributed by atoms with Crippen molar-refractivity contribution in [2.24, 2.45) is 0 Å². The first-order chi connectivity index (χ1) is 19.4. The van der Waals surface area contributed by atoms with Crippen LogP contribution in [0.4, 0.5) is 0 Å². The van der Waals surface area contributed by atoms with Crippen molar-refractivity contribution in [1.29, 1.82) is 0 Å². The number of Topliss-reactive ketones (excluding diaryl/α,β-unsaturated/α-hetero) is 1. The Morgan fingerprint density at radius 1 is 0.950 bits per heavy atom. The summed E-state index contributed by atoms with van der Waals surface area (Å²) in [6.45, 7) is 9.70. The van der Waals surface area contributed by atoms with Gasteiger partial charge in [0.15, 0.2) is 0 Å². The summed E-state index contributed by atoms with van der Waals surface area (Å²) in [5, 5.41) is 11.4. The highest BCUT2D eigenvalue weighted by Crippen LogP contribution is 2.40. The number of benzene rings is 3. The molecule has 1 amide bonds. The molecule has 3 aromatic rings. The Balaban J connectivity index is 1.62. The van der Waals surface area contributed by atoms with Gasteiger partial charge in [-0.15, -0.1) is 0 Å². The number of aliphatic hydroxyl groups excluding tert-OH is 1. The molecule has 7 nitrogen and oxygen atoms in total. The van der Waals surface area contributed by atoms with Gasteiger partial charge in [-0.1, -0.05) is 55.8 Å². The average Bonchev–Trinajstić information content (AvgIpc) is 3.24. The molecule has 1 N–H and O–H groups in total.